The summed E-state index contributed by atoms with van der Waals surface area (Å²) < 4.78 is 0.776. The van der Waals surface area contributed by atoms with Crippen LogP contribution in [0.25, 0.3) is 0 Å². The predicted molar refractivity (Wildman–Crippen MR) is 55.2 cm³/mol. The molecule has 0 spiro atoms. The lowest BCUT2D eigenvalue weighted by molar-refractivity contribution is 0.728. The van der Waals surface area contributed by atoms with E-state index in [1.54, 1.807) is 6.20 Å². The minimum absolute atomic E-state index is 0. The summed E-state index contributed by atoms with van der Waals surface area (Å²) in [6, 6.07) is 3.63. The van der Waals surface area contributed by atoms with Gasteiger partial charge in [-0.3, -0.25) is 0 Å². The van der Waals surface area contributed by atoms with Gasteiger partial charge in [-0.15, -0.1) is 12.4 Å². The molecule has 0 aromatic carbocycles. The van der Waals surface area contributed by atoms with Crippen LogP contribution in [0.1, 0.15) is 11.6 Å². The van der Waals surface area contributed by atoms with E-state index in [1.165, 1.54) is 0 Å². The van der Waals surface area contributed by atoms with Crippen LogP contribution in [0, 0.1) is 0 Å². The third-order valence-electron chi connectivity index (χ3n) is 1.44. The average Bonchev–Trinajstić information content (AvgIpc) is 2.04. The lowest BCUT2D eigenvalue weighted by Crippen LogP contribution is -2.21. The molecule has 1 aromatic rings. The van der Waals surface area contributed by atoms with Crippen LogP contribution in [-0.2, 0) is 0 Å². The van der Waals surface area contributed by atoms with E-state index >= 15 is 0 Å². The minimum Gasteiger partial charge on any atom is -0.329 e. The smallest absolute Gasteiger partial charge is 0.110 e. The van der Waals surface area contributed by atoms with Crippen molar-refractivity contribution in [1.82, 2.24) is 4.98 Å². The molecular formula is C7H11BrClN3. The van der Waals surface area contributed by atoms with Gasteiger partial charge in [-0.1, -0.05) is 6.07 Å². The van der Waals surface area contributed by atoms with Gasteiger partial charge in [0.25, 0.3) is 0 Å². The molecule has 3 nitrogen and oxygen atoms in total. The van der Waals surface area contributed by atoms with Crippen molar-refractivity contribution in [2.75, 3.05) is 6.54 Å². The van der Waals surface area contributed by atoms with E-state index in [4.69, 9.17) is 11.5 Å². The molecule has 0 fully saturated rings. The van der Waals surface area contributed by atoms with Crippen LogP contribution < -0.4 is 11.5 Å². The Bertz CT molecular complexity index is 244. The molecule has 0 amide bonds. The summed E-state index contributed by atoms with van der Waals surface area (Å²) in [5, 5.41) is 0. The number of rotatable bonds is 2. The molecule has 0 unspecified atom stereocenters. The lowest BCUT2D eigenvalue weighted by atomic mass is 10.1. The van der Waals surface area contributed by atoms with Gasteiger partial charge in [0.15, 0.2) is 0 Å². The second-order valence-corrected chi connectivity index (χ2v) is 2.98. The molecule has 0 saturated heterocycles. The summed E-state index contributed by atoms with van der Waals surface area (Å²) in [6.45, 7) is 0.435. The Morgan fingerprint density at radius 3 is 2.75 bits per heavy atom. The van der Waals surface area contributed by atoms with Crippen LogP contribution in [-0.4, -0.2) is 11.5 Å². The lowest BCUT2D eigenvalue weighted by Gasteiger charge is -2.09. The SMILES string of the molecule is Cl.NC[C@H](N)c1cccnc1Br. The van der Waals surface area contributed by atoms with Gasteiger partial charge in [0, 0.05) is 24.3 Å². The highest BCUT2D eigenvalue weighted by Gasteiger charge is 2.06. The van der Waals surface area contributed by atoms with E-state index in [9.17, 15) is 0 Å². The molecule has 0 bridgehead atoms. The van der Waals surface area contributed by atoms with Crippen molar-refractivity contribution >= 4 is 28.3 Å². The van der Waals surface area contributed by atoms with Gasteiger partial charge in [-0.2, -0.15) is 0 Å². The Morgan fingerprint density at radius 2 is 2.25 bits per heavy atom. The van der Waals surface area contributed by atoms with Crippen LogP contribution in [0.4, 0.5) is 0 Å². The molecule has 4 N–H and O–H groups in total. The number of hydrogen-bond donors (Lipinski definition) is 2. The average molecular weight is 253 g/mol. The van der Waals surface area contributed by atoms with E-state index in [1.807, 2.05) is 12.1 Å². The van der Waals surface area contributed by atoms with Crippen LogP contribution in [0.15, 0.2) is 22.9 Å². The van der Waals surface area contributed by atoms with E-state index in [2.05, 4.69) is 20.9 Å². The first-order chi connectivity index (χ1) is 5.25. The minimum atomic E-state index is -0.127. The second kappa shape index (κ2) is 5.48. The zero-order valence-electron chi connectivity index (χ0n) is 6.40. The van der Waals surface area contributed by atoms with Gasteiger partial charge >= 0.3 is 0 Å². The van der Waals surface area contributed by atoms with Crippen molar-refractivity contribution in [3.8, 4) is 0 Å². The number of pyridine rings is 1. The molecule has 5 heteroatoms. The molecule has 1 atom stereocenters. The van der Waals surface area contributed by atoms with Gasteiger partial charge in [0.1, 0.15) is 4.60 Å². The maximum atomic E-state index is 5.70. The Kier molecular flexibility index (Phi) is 5.41. The number of halogens is 2. The number of nitrogens with two attached hydrogens (primary N) is 2. The highest BCUT2D eigenvalue weighted by molar-refractivity contribution is 9.10. The summed E-state index contributed by atoms with van der Waals surface area (Å²) in [4.78, 5) is 4.03. The zero-order valence-corrected chi connectivity index (χ0v) is 8.81. The summed E-state index contributed by atoms with van der Waals surface area (Å²) >= 11 is 3.29. The fourth-order valence-electron chi connectivity index (χ4n) is 0.802. The van der Waals surface area contributed by atoms with E-state index in [-0.39, 0.29) is 18.4 Å². The van der Waals surface area contributed by atoms with Gasteiger partial charge in [0.2, 0.25) is 0 Å². The molecule has 12 heavy (non-hydrogen) atoms. The quantitative estimate of drug-likeness (QED) is 0.778. The fraction of sp³-hybridized carbons (Fsp3) is 0.286. The third-order valence-corrected chi connectivity index (χ3v) is 2.10. The van der Waals surface area contributed by atoms with Gasteiger partial charge < -0.3 is 11.5 Å². The van der Waals surface area contributed by atoms with E-state index in [0.29, 0.717) is 6.54 Å². The summed E-state index contributed by atoms with van der Waals surface area (Å²) in [5.74, 6) is 0. The first kappa shape index (κ1) is 11.8. The van der Waals surface area contributed by atoms with Crippen molar-refractivity contribution in [2.24, 2.45) is 11.5 Å². The maximum absolute atomic E-state index is 5.70. The third kappa shape index (κ3) is 2.71. The Morgan fingerprint density at radius 1 is 1.58 bits per heavy atom. The number of nitrogens with zero attached hydrogens (tertiary/aromatic N) is 1. The van der Waals surface area contributed by atoms with E-state index < -0.39 is 0 Å². The summed E-state index contributed by atoms with van der Waals surface area (Å²) in [6.07, 6.45) is 1.71. The van der Waals surface area contributed by atoms with Gasteiger partial charge in [0.05, 0.1) is 0 Å². The monoisotopic (exact) mass is 251 g/mol. The van der Waals surface area contributed by atoms with Crippen molar-refractivity contribution in [2.45, 2.75) is 6.04 Å². The second-order valence-electron chi connectivity index (χ2n) is 2.23. The van der Waals surface area contributed by atoms with Crippen molar-refractivity contribution in [3.63, 3.8) is 0 Å². The Hall–Kier alpha value is -0.160. The molecule has 1 aromatic heterocycles. The van der Waals surface area contributed by atoms with E-state index in [0.717, 1.165) is 10.2 Å². The normalized spacial score (nSPS) is 11.9. The van der Waals surface area contributed by atoms with Crippen LogP contribution in [0.5, 0.6) is 0 Å². The van der Waals surface area contributed by atoms with Crippen LogP contribution in [0.3, 0.4) is 0 Å². The Labute approximate surface area is 86.1 Å². The summed E-state index contributed by atoms with van der Waals surface area (Å²) in [7, 11) is 0. The van der Waals surface area contributed by atoms with Gasteiger partial charge in [-0.25, -0.2) is 4.98 Å². The highest BCUT2D eigenvalue weighted by Crippen LogP contribution is 2.17. The predicted octanol–water partition coefficient (Wildman–Crippen LogP) is 1.22. The first-order valence-corrected chi connectivity index (χ1v) is 4.11. The molecule has 0 radical (unpaired) electrons. The molecule has 0 saturated carbocycles. The standard InChI is InChI=1S/C7H10BrN3.ClH/c8-7-5(6(10)4-9)2-1-3-11-7;/h1-3,6H,4,9-10H2;1H/t6-;/m0./s1. The molecule has 1 rings (SSSR count). The van der Waals surface area contributed by atoms with Crippen molar-refractivity contribution < 1.29 is 0 Å². The molecule has 0 aliphatic heterocycles. The fourth-order valence-corrected chi connectivity index (χ4v) is 1.35. The molecule has 1 heterocycles. The highest BCUT2D eigenvalue weighted by atomic mass is 79.9. The van der Waals surface area contributed by atoms with Crippen LogP contribution >= 0.6 is 28.3 Å². The van der Waals surface area contributed by atoms with Crippen LogP contribution in [0.2, 0.25) is 0 Å². The zero-order chi connectivity index (χ0) is 8.27. The topological polar surface area (TPSA) is 64.9 Å². The van der Waals surface area contributed by atoms with Crippen molar-refractivity contribution in [3.05, 3.63) is 28.5 Å². The maximum Gasteiger partial charge on any atom is 0.110 e. The van der Waals surface area contributed by atoms with Gasteiger partial charge in [-0.05, 0) is 22.0 Å². The first-order valence-electron chi connectivity index (χ1n) is 3.31. The summed E-state index contributed by atoms with van der Waals surface area (Å²) in [5.41, 5.74) is 12.1. The molecule has 68 valence electrons. The number of aromatic nitrogens is 1. The molecule has 0 aliphatic carbocycles. The van der Waals surface area contributed by atoms with Crippen molar-refractivity contribution in [1.29, 1.82) is 0 Å². The largest absolute Gasteiger partial charge is 0.329 e. The molecular weight excluding hydrogens is 241 g/mol. The Balaban J connectivity index is 0.00000121. The molecule has 0 aliphatic rings. The number of hydrogen-bond acceptors (Lipinski definition) is 3.